The number of rotatable bonds is 50. The summed E-state index contributed by atoms with van der Waals surface area (Å²) in [5.41, 5.74) is 0. The summed E-state index contributed by atoms with van der Waals surface area (Å²) in [6.45, 7) is 7.20. The van der Waals surface area contributed by atoms with Crippen molar-refractivity contribution in [2.45, 2.75) is 316 Å². The summed E-state index contributed by atoms with van der Waals surface area (Å²) in [6, 6.07) is 0. The quantitative estimate of drug-likeness (QED) is 0.0266. The monoisotopic (exact) mass is 817 g/mol. The highest BCUT2D eigenvalue weighted by atomic mass is 16.5. The van der Waals surface area contributed by atoms with E-state index in [1.165, 1.54) is 231 Å². The van der Waals surface area contributed by atoms with Crippen LogP contribution in [0.25, 0.3) is 0 Å². The van der Waals surface area contributed by atoms with E-state index in [0.29, 0.717) is 13.0 Å². The summed E-state index contributed by atoms with van der Waals surface area (Å²) in [6.07, 6.45) is 57.0. The lowest BCUT2D eigenvalue weighted by molar-refractivity contribution is -0.155. The van der Waals surface area contributed by atoms with Gasteiger partial charge in [-0.15, -0.1) is 0 Å². The van der Waals surface area contributed by atoms with E-state index in [4.69, 9.17) is 4.74 Å². The lowest BCUT2D eigenvalue weighted by Gasteiger charge is -2.15. The summed E-state index contributed by atoms with van der Waals surface area (Å²) in [4.78, 5) is 39.6. The zero-order chi connectivity index (χ0) is 42.3. The molecule has 58 heavy (non-hydrogen) atoms. The summed E-state index contributed by atoms with van der Waals surface area (Å²) < 4.78 is 5.68. The van der Waals surface area contributed by atoms with Crippen molar-refractivity contribution in [3.05, 3.63) is 0 Å². The fourth-order valence-corrected chi connectivity index (χ4v) is 8.62. The highest BCUT2D eigenvalue weighted by Gasteiger charge is 2.32. The number of hydrogen-bond acceptors (Lipinski definition) is 4. The fraction of sp³-hybridized carbons (Fsp3) is 0.944. The first-order valence-electron chi connectivity index (χ1n) is 26.8. The molecular formula is C54H104O4. The van der Waals surface area contributed by atoms with Crippen molar-refractivity contribution in [3.8, 4) is 0 Å². The Bertz CT molecular complexity index is 852. The van der Waals surface area contributed by atoms with Gasteiger partial charge in [0, 0.05) is 6.42 Å². The molecule has 0 aromatic rings. The fourth-order valence-electron chi connectivity index (χ4n) is 8.62. The van der Waals surface area contributed by atoms with Crippen LogP contribution in [0.1, 0.15) is 316 Å². The second-order valence-corrected chi connectivity index (χ2v) is 18.5. The molecule has 0 N–H and O–H groups in total. The first kappa shape index (κ1) is 56.8. The van der Waals surface area contributed by atoms with Crippen LogP contribution in [0, 0.1) is 5.92 Å². The van der Waals surface area contributed by atoms with E-state index in [0.717, 1.165) is 51.4 Å². The number of carbonyl (C=O) groups excluding carboxylic acids is 3. The Balaban J connectivity index is 4.32. The van der Waals surface area contributed by atoms with Gasteiger partial charge in [0.25, 0.3) is 0 Å². The van der Waals surface area contributed by atoms with E-state index in [9.17, 15) is 14.4 Å². The predicted molar refractivity (Wildman–Crippen MR) is 254 cm³/mol. The molecule has 0 fully saturated rings. The third-order valence-electron chi connectivity index (χ3n) is 12.7. The molecule has 0 heterocycles. The molecule has 0 bridgehead atoms. The van der Waals surface area contributed by atoms with E-state index >= 15 is 0 Å². The summed E-state index contributed by atoms with van der Waals surface area (Å²) in [5.74, 6) is -2.19. The Morgan fingerprint density at radius 3 is 0.845 bits per heavy atom. The lowest BCUT2D eigenvalue weighted by atomic mass is 9.92. The first-order valence-corrected chi connectivity index (χ1v) is 26.8. The molecule has 0 aromatic carbocycles. The highest BCUT2D eigenvalue weighted by Crippen LogP contribution is 2.20. The smallest absolute Gasteiger partial charge is 0.316 e. The minimum absolute atomic E-state index is 0.276. The Hall–Kier alpha value is -1.19. The highest BCUT2D eigenvalue weighted by molar-refractivity contribution is 6.41. The molecule has 0 rings (SSSR count). The lowest BCUT2D eigenvalue weighted by Crippen LogP contribution is -2.32. The Labute approximate surface area is 364 Å². The second kappa shape index (κ2) is 48.5. The van der Waals surface area contributed by atoms with Gasteiger partial charge in [0.1, 0.15) is 5.92 Å². The third kappa shape index (κ3) is 41.5. The minimum Gasteiger partial charge on any atom is -0.465 e. The van der Waals surface area contributed by atoms with Crippen molar-refractivity contribution >= 4 is 17.5 Å². The number of carbonyl (C=O) groups is 3. The van der Waals surface area contributed by atoms with Crippen LogP contribution < -0.4 is 0 Å². The largest absolute Gasteiger partial charge is 0.465 e. The SMILES string of the molecule is CCCCCCCCCCCCCCCCCCOC(=O)C(CCCCCCCCCCCCCCCC)C(=O)C(=O)CCCCCCCCCCCCCCCC. The van der Waals surface area contributed by atoms with Gasteiger partial charge >= 0.3 is 5.97 Å². The minimum atomic E-state index is -0.905. The van der Waals surface area contributed by atoms with Crippen LogP contribution in [-0.2, 0) is 19.1 Å². The maximum atomic E-state index is 13.3. The molecule has 0 radical (unpaired) electrons. The Morgan fingerprint density at radius 2 is 0.552 bits per heavy atom. The normalized spacial score (nSPS) is 12.0. The van der Waals surface area contributed by atoms with Gasteiger partial charge in [-0.25, -0.2) is 0 Å². The van der Waals surface area contributed by atoms with E-state index in [-0.39, 0.29) is 12.2 Å². The zero-order valence-electron chi connectivity index (χ0n) is 39.9. The summed E-state index contributed by atoms with van der Waals surface area (Å²) in [7, 11) is 0. The molecule has 0 aromatic heterocycles. The first-order chi connectivity index (χ1) is 28.6. The molecule has 0 amide bonds. The Morgan fingerprint density at radius 1 is 0.310 bits per heavy atom. The predicted octanol–water partition coefficient (Wildman–Crippen LogP) is 18.3. The molecule has 4 nitrogen and oxygen atoms in total. The van der Waals surface area contributed by atoms with Crippen molar-refractivity contribution in [3.63, 3.8) is 0 Å². The van der Waals surface area contributed by atoms with Crippen molar-refractivity contribution in [1.82, 2.24) is 0 Å². The van der Waals surface area contributed by atoms with Gasteiger partial charge in [0.2, 0.25) is 5.78 Å². The molecule has 4 heteroatoms. The average Bonchev–Trinajstić information content (AvgIpc) is 3.23. The summed E-state index contributed by atoms with van der Waals surface area (Å²) in [5, 5.41) is 0. The molecule has 0 saturated carbocycles. The molecule has 1 atom stereocenters. The van der Waals surface area contributed by atoms with E-state index in [1.54, 1.807) is 0 Å². The Kier molecular flexibility index (Phi) is 47.5. The molecular weight excluding hydrogens is 713 g/mol. The van der Waals surface area contributed by atoms with Crippen molar-refractivity contribution in [2.24, 2.45) is 5.92 Å². The number of esters is 1. The molecule has 0 aliphatic heterocycles. The van der Waals surface area contributed by atoms with Crippen LogP contribution >= 0.6 is 0 Å². The maximum Gasteiger partial charge on any atom is 0.316 e. The van der Waals surface area contributed by atoms with Crippen molar-refractivity contribution < 1.29 is 19.1 Å². The van der Waals surface area contributed by atoms with Gasteiger partial charge in [-0.1, -0.05) is 290 Å². The summed E-state index contributed by atoms with van der Waals surface area (Å²) >= 11 is 0. The molecule has 0 aliphatic carbocycles. The van der Waals surface area contributed by atoms with Crippen LogP contribution in [0.5, 0.6) is 0 Å². The van der Waals surface area contributed by atoms with Crippen molar-refractivity contribution in [1.29, 1.82) is 0 Å². The van der Waals surface area contributed by atoms with E-state index in [1.807, 2.05) is 0 Å². The molecule has 0 spiro atoms. The number of ether oxygens (including phenoxy) is 1. The van der Waals surface area contributed by atoms with Crippen LogP contribution in [0.3, 0.4) is 0 Å². The molecule has 0 saturated heterocycles. The third-order valence-corrected chi connectivity index (χ3v) is 12.7. The van der Waals surface area contributed by atoms with Crippen LogP contribution in [0.2, 0.25) is 0 Å². The second-order valence-electron chi connectivity index (χ2n) is 18.5. The number of hydrogen-bond donors (Lipinski definition) is 0. The van der Waals surface area contributed by atoms with Crippen LogP contribution in [-0.4, -0.2) is 24.1 Å². The molecule has 344 valence electrons. The van der Waals surface area contributed by atoms with Gasteiger partial charge < -0.3 is 4.74 Å². The molecule has 0 aliphatic rings. The van der Waals surface area contributed by atoms with Crippen LogP contribution in [0.15, 0.2) is 0 Å². The zero-order valence-corrected chi connectivity index (χ0v) is 39.9. The topological polar surface area (TPSA) is 60.4 Å². The van der Waals surface area contributed by atoms with E-state index in [2.05, 4.69) is 20.8 Å². The van der Waals surface area contributed by atoms with Gasteiger partial charge in [-0.3, -0.25) is 14.4 Å². The van der Waals surface area contributed by atoms with Crippen LogP contribution in [0.4, 0.5) is 0 Å². The van der Waals surface area contributed by atoms with E-state index < -0.39 is 17.7 Å². The van der Waals surface area contributed by atoms with Gasteiger partial charge in [0.05, 0.1) is 6.61 Å². The van der Waals surface area contributed by atoms with Crippen molar-refractivity contribution in [2.75, 3.05) is 6.61 Å². The van der Waals surface area contributed by atoms with Gasteiger partial charge in [-0.2, -0.15) is 0 Å². The number of ketones is 2. The maximum absolute atomic E-state index is 13.3. The standard InChI is InChI=1S/C54H104O4/c1-4-7-10-13-16-19-22-25-28-29-32-35-38-41-44-47-50-58-54(57)51(48-45-42-39-36-33-30-26-23-20-17-14-11-8-5-2)53(56)52(55)49-46-43-40-37-34-31-27-24-21-18-15-12-9-6-3/h51H,4-50H2,1-3H3. The molecule has 1 unspecified atom stereocenters. The number of unbranched alkanes of at least 4 members (excludes halogenated alkanes) is 41. The van der Waals surface area contributed by atoms with Gasteiger partial charge in [-0.05, 0) is 19.3 Å². The average molecular weight is 817 g/mol. The van der Waals surface area contributed by atoms with Gasteiger partial charge in [0.15, 0.2) is 5.78 Å². The number of Topliss-reactive ketones (excluding diaryl/α,β-unsaturated/α-hetero) is 2.